The molecule has 0 fully saturated rings. The number of aryl methyl sites for hydroxylation is 1. The van der Waals surface area contributed by atoms with Crippen LogP contribution in [0.25, 0.3) is 0 Å². The van der Waals surface area contributed by atoms with Crippen LogP contribution in [-0.2, 0) is 16.6 Å². The number of hydrogen-bond acceptors (Lipinski definition) is 4. The minimum absolute atomic E-state index is 0.177. The topological polar surface area (TPSA) is 66.5 Å². The van der Waals surface area contributed by atoms with Gasteiger partial charge in [0, 0.05) is 19.6 Å². The van der Waals surface area contributed by atoms with Crippen LogP contribution in [-0.4, -0.2) is 38.0 Å². The molecule has 0 aliphatic heterocycles. The molecule has 0 aliphatic carbocycles. The molecule has 2 rings (SSSR count). The fourth-order valence-corrected chi connectivity index (χ4v) is 3.49. The number of hydrogen-bond donors (Lipinski definition) is 1. The molecule has 0 spiro atoms. The summed E-state index contributed by atoms with van der Waals surface area (Å²) in [5, 5.41) is 4.58. The number of amides is 1. The maximum atomic E-state index is 11.9. The first-order valence-corrected chi connectivity index (χ1v) is 9.91. The van der Waals surface area contributed by atoms with Gasteiger partial charge >= 0.3 is 0 Å². The molecule has 2 aromatic rings. The first-order valence-electron chi connectivity index (χ1n) is 7.18. The van der Waals surface area contributed by atoms with Gasteiger partial charge in [-0.25, -0.2) is 8.42 Å². The highest BCUT2D eigenvalue weighted by molar-refractivity contribution is 7.88. The number of thiophene rings is 1. The highest BCUT2D eigenvalue weighted by Gasteiger charge is 2.17. The van der Waals surface area contributed by atoms with Gasteiger partial charge in [-0.05, 0) is 23.9 Å². The zero-order valence-electron chi connectivity index (χ0n) is 13.2. The number of nitrogens with zero attached hydrogens (tertiary/aromatic N) is 1. The molecule has 5 nitrogen and oxygen atoms in total. The summed E-state index contributed by atoms with van der Waals surface area (Å²) in [6.45, 7) is 2.80. The fraction of sp³-hybridized carbons (Fsp3) is 0.312. The molecule has 0 bridgehead atoms. The summed E-state index contributed by atoms with van der Waals surface area (Å²) in [7, 11) is -3.34. The largest absolute Gasteiger partial charge is 0.350 e. The van der Waals surface area contributed by atoms with Crippen LogP contribution in [0.15, 0.2) is 41.8 Å². The van der Waals surface area contributed by atoms with Crippen molar-refractivity contribution in [2.24, 2.45) is 0 Å². The molecular formula is C16H20N2O3S2. The number of rotatable bonds is 7. The standard InChI is InChI=1S/C16H20N2O3S2/c1-13-5-7-14(8-6-13)12-18(23(2,20)21)10-9-17-16(19)15-4-3-11-22-15/h3-8,11H,9-10,12H2,1-2H3,(H,17,19). The summed E-state index contributed by atoms with van der Waals surface area (Å²) in [5.74, 6) is -0.177. The average molecular weight is 352 g/mol. The second kappa shape index (κ2) is 7.72. The Labute approximate surface area is 141 Å². The first kappa shape index (κ1) is 17.7. The summed E-state index contributed by atoms with van der Waals surface area (Å²) in [6, 6.07) is 11.3. The molecule has 0 radical (unpaired) electrons. The van der Waals surface area contributed by atoms with E-state index < -0.39 is 10.0 Å². The molecule has 0 aliphatic rings. The third kappa shape index (κ3) is 5.46. The van der Waals surface area contributed by atoms with E-state index in [2.05, 4.69) is 5.32 Å². The van der Waals surface area contributed by atoms with Crippen molar-refractivity contribution in [3.8, 4) is 0 Å². The lowest BCUT2D eigenvalue weighted by Crippen LogP contribution is -2.37. The van der Waals surface area contributed by atoms with Crippen molar-refractivity contribution < 1.29 is 13.2 Å². The Morgan fingerprint density at radius 1 is 1.22 bits per heavy atom. The molecule has 124 valence electrons. The molecule has 1 heterocycles. The van der Waals surface area contributed by atoms with E-state index in [4.69, 9.17) is 0 Å². The molecular weight excluding hydrogens is 332 g/mol. The highest BCUT2D eigenvalue weighted by atomic mass is 32.2. The number of sulfonamides is 1. The summed E-state index contributed by atoms with van der Waals surface area (Å²) in [4.78, 5) is 12.5. The van der Waals surface area contributed by atoms with E-state index >= 15 is 0 Å². The summed E-state index contributed by atoms with van der Waals surface area (Å²) >= 11 is 1.36. The van der Waals surface area contributed by atoms with Crippen LogP contribution >= 0.6 is 11.3 Å². The van der Waals surface area contributed by atoms with Crippen LogP contribution in [0.1, 0.15) is 20.8 Å². The van der Waals surface area contributed by atoms with Gasteiger partial charge in [0.2, 0.25) is 10.0 Å². The fourth-order valence-electron chi connectivity index (χ4n) is 2.05. The van der Waals surface area contributed by atoms with E-state index in [9.17, 15) is 13.2 Å². The van der Waals surface area contributed by atoms with Crippen LogP contribution < -0.4 is 5.32 Å². The lowest BCUT2D eigenvalue weighted by Gasteiger charge is -2.20. The van der Waals surface area contributed by atoms with Crippen molar-refractivity contribution in [3.05, 3.63) is 57.8 Å². The molecule has 0 atom stereocenters. The average Bonchev–Trinajstić information content (AvgIpc) is 3.01. The number of benzene rings is 1. The van der Waals surface area contributed by atoms with Crippen LogP contribution in [0.5, 0.6) is 0 Å². The zero-order chi connectivity index (χ0) is 16.9. The minimum Gasteiger partial charge on any atom is -0.350 e. The Balaban J connectivity index is 1.94. The number of carbonyl (C=O) groups is 1. The third-order valence-corrected chi connectivity index (χ3v) is 5.46. The van der Waals surface area contributed by atoms with Gasteiger partial charge in [0.25, 0.3) is 5.91 Å². The summed E-state index contributed by atoms with van der Waals surface area (Å²) in [5.41, 5.74) is 2.05. The normalized spacial score (nSPS) is 11.6. The SMILES string of the molecule is Cc1ccc(CN(CCNC(=O)c2cccs2)S(C)(=O)=O)cc1. The smallest absolute Gasteiger partial charge is 0.261 e. The van der Waals surface area contributed by atoms with Gasteiger partial charge in [0.05, 0.1) is 11.1 Å². The Morgan fingerprint density at radius 3 is 2.48 bits per heavy atom. The van der Waals surface area contributed by atoms with Crippen LogP contribution in [0.4, 0.5) is 0 Å². The van der Waals surface area contributed by atoms with Gasteiger partial charge in [-0.15, -0.1) is 11.3 Å². The van der Waals surface area contributed by atoms with Crippen molar-refractivity contribution in [3.63, 3.8) is 0 Å². The molecule has 1 aromatic carbocycles. The van der Waals surface area contributed by atoms with E-state index in [1.807, 2.05) is 36.6 Å². The predicted molar refractivity (Wildman–Crippen MR) is 93.1 cm³/mol. The second-order valence-corrected chi connectivity index (χ2v) is 8.25. The predicted octanol–water partition coefficient (Wildman–Crippen LogP) is 2.25. The van der Waals surface area contributed by atoms with Crippen LogP contribution in [0, 0.1) is 6.92 Å². The van der Waals surface area contributed by atoms with Crippen LogP contribution in [0.2, 0.25) is 0 Å². The summed E-state index contributed by atoms with van der Waals surface area (Å²) in [6.07, 6.45) is 1.18. The molecule has 0 saturated heterocycles. The second-order valence-electron chi connectivity index (χ2n) is 5.32. The van der Waals surface area contributed by atoms with E-state index in [1.165, 1.54) is 21.9 Å². The molecule has 0 unspecified atom stereocenters. The summed E-state index contributed by atoms with van der Waals surface area (Å²) < 4.78 is 25.2. The van der Waals surface area contributed by atoms with E-state index in [0.717, 1.165) is 11.1 Å². The van der Waals surface area contributed by atoms with Gasteiger partial charge in [-0.2, -0.15) is 4.31 Å². The van der Waals surface area contributed by atoms with Crippen LogP contribution in [0.3, 0.4) is 0 Å². The maximum Gasteiger partial charge on any atom is 0.261 e. The molecule has 7 heteroatoms. The number of nitrogens with one attached hydrogen (secondary N) is 1. The number of carbonyl (C=O) groups excluding carboxylic acids is 1. The van der Waals surface area contributed by atoms with E-state index in [1.54, 1.807) is 12.1 Å². The lowest BCUT2D eigenvalue weighted by molar-refractivity contribution is 0.0955. The monoisotopic (exact) mass is 352 g/mol. The van der Waals surface area contributed by atoms with Crippen molar-refractivity contribution in [2.45, 2.75) is 13.5 Å². The highest BCUT2D eigenvalue weighted by Crippen LogP contribution is 2.10. The van der Waals surface area contributed by atoms with Crippen molar-refractivity contribution in [1.82, 2.24) is 9.62 Å². The molecule has 23 heavy (non-hydrogen) atoms. The Bertz CT molecular complexity index is 738. The van der Waals surface area contributed by atoms with Gasteiger partial charge in [0.15, 0.2) is 0 Å². The quantitative estimate of drug-likeness (QED) is 0.831. The zero-order valence-corrected chi connectivity index (χ0v) is 14.8. The Kier molecular flexibility index (Phi) is 5.92. The van der Waals surface area contributed by atoms with E-state index in [0.29, 0.717) is 11.4 Å². The molecule has 1 N–H and O–H groups in total. The Hall–Kier alpha value is -1.70. The van der Waals surface area contributed by atoms with Gasteiger partial charge < -0.3 is 5.32 Å². The van der Waals surface area contributed by atoms with Crippen molar-refractivity contribution >= 4 is 27.3 Å². The van der Waals surface area contributed by atoms with Crippen molar-refractivity contribution in [2.75, 3.05) is 19.3 Å². The minimum atomic E-state index is -3.34. The maximum absolute atomic E-state index is 11.9. The molecule has 1 amide bonds. The third-order valence-electron chi connectivity index (χ3n) is 3.34. The lowest BCUT2D eigenvalue weighted by atomic mass is 10.1. The van der Waals surface area contributed by atoms with Gasteiger partial charge in [0.1, 0.15) is 0 Å². The molecule has 0 saturated carbocycles. The van der Waals surface area contributed by atoms with E-state index in [-0.39, 0.29) is 19.0 Å². The Morgan fingerprint density at radius 2 is 1.91 bits per heavy atom. The van der Waals surface area contributed by atoms with Crippen molar-refractivity contribution in [1.29, 1.82) is 0 Å². The van der Waals surface area contributed by atoms with Gasteiger partial charge in [-0.1, -0.05) is 35.9 Å². The van der Waals surface area contributed by atoms with Gasteiger partial charge in [-0.3, -0.25) is 4.79 Å². The molecule has 1 aromatic heterocycles. The first-order chi connectivity index (χ1) is 10.9.